The quantitative estimate of drug-likeness (QED) is 0.622. The summed E-state index contributed by atoms with van der Waals surface area (Å²) in [5.41, 5.74) is 0. The van der Waals surface area contributed by atoms with E-state index < -0.39 is 11.8 Å². The molecule has 0 aromatic carbocycles. The van der Waals surface area contributed by atoms with E-state index in [0.717, 1.165) is 6.42 Å². The average Bonchev–Trinajstić information content (AvgIpc) is 2.24. The Balaban J connectivity index is 4.22. The summed E-state index contributed by atoms with van der Waals surface area (Å²) in [4.78, 5) is 24.2. The first-order valence-electron chi connectivity index (χ1n) is 5.27. The van der Waals surface area contributed by atoms with Gasteiger partial charge in [-0.2, -0.15) is 0 Å². The third kappa shape index (κ3) is 4.78. The van der Waals surface area contributed by atoms with Gasteiger partial charge in [-0.15, -0.1) is 0 Å². The number of hydrogen-bond donors (Lipinski definition) is 2. The van der Waals surface area contributed by atoms with E-state index in [1.807, 2.05) is 13.8 Å². The number of carbonyl (C=O) groups is 2. The molecule has 0 spiro atoms. The SMILES string of the molecule is CCC(C)NC(=O)C(=O)N(CC)CCO. The highest BCUT2D eigenvalue weighted by molar-refractivity contribution is 6.35. The normalized spacial score (nSPS) is 12.0. The van der Waals surface area contributed by atoms with Gasteiger partial charge >= 0.3 is 11.8 Å². The lowest BCUT2D eigenvalue weighted by Gasteiger charge is -2.20. The van der Waals surface area contributed by atoms with E-state index in [-0.39, 0.29) is 19.2 Å². The van der Waals surface area contributed by atoms with Gasteiger partial charge in [-0.05, 0) is 20.3 Å². The maximum Gasteiger partial charge on any atom is 0.311 e. The summed E-state index contributed by atoms with van der Waals surface area (Å²) >= 11 is 0. The first kappa shape index (κ1) is 13.9. The molecule has 5 nitrogen and oxygen atoms in total. The lowest BCUT2D eigenvalue weighted by Crippen LogP contribution is -2.46. The highest BCUT2D eigenvalue weighted by Gasteiger charge is 2.20. The van der Waals surface area contributed by atoms with E-state index in [2.05, 4.69) is 5.32 Å². The van der Waals surface area contributed by atoms with Crippen molar-refractivity contribution >= 4 is 11.8 Å². The number of likely N-dealkylation sites (N-methyl/N-ethyl adjacent to an activating group) is 1. The van der Waals surface area contributed by atoms with Crippen molar-refractivity contribution in [3.05, 3.63) is 0 Å². The molecule has 0 saturated carbocycles. The lowest BCUT2D eigenvalue weighted by molar-refractivity contribution is -0.146. The third-order valence-corrected chi connectivity index (χ3v) is 2.22. The smallest absolute Gasteiger partial charge is 0.311 e. The molecular weight excluding hydrogens is 196 g/mol. The maximum atomic E-state index is 11.5. The second-order valence-corrected chi connectivity index (χ2v) is 3.39. The molecule has 5 heteroatoms. The Morgan fingerprint density at radius 1 is 1.40 bits per heavy atom. The van der Waals surface area contributed by atoms with Crippen LogP contribution < -0.4 is 5.32 Å². The second-order valence-electron chi connectivity index (χ2n) is 3.39. The van der Waals surface area contributed by atoms with Crippen LogP contribution in [-0.2, 0) is 9.59 Å². The van der Waals surface area contributed by atoms with Gasteiger partial charge in [0.1, 0.15) is 0 Å². The van der Waals surface area contributed by atoms with Crippen molar-refractivity contribution in [3.8, 4) is 0 Å². The van der Waals surface area contributed by atoms with Gasteiger partial charge in [0.05, 0.1) is 6.61 Å². The van der Waals surface area contributed by atoms with Crippen molar-refractivity contribution < 1.29 is 14.7 Å². The largest absolute Gasteiger partial charge is 0.395 e. The molecule has 0 heterocycles. The zero-order valence-electron chi connectivity index (χ0n) is 9.62. The van der Waals surface area contributed by atoms with Crippen LogP contribution in [0.2, 0.25) is 0 Å². The van der Waals surface area contributed by atoms with Crippen LogP contribution in [-0.4, -0.2) is 47.6 Å². The molecule has 0 aromatic heterocycles. The van der Waals surface area contributed by atoms with Gasteiger partial charge in [0.2, 0.25) is 0 Å². The standard InChI is InChI=1S/C10H20N2O3/c1-4-8(3)11-9(14)10(15)12(5-2)6-7-13/h8,13H,4-7H2,1-3H3,(H,11,14). The fraction of sp³-hybridized carbons (Fsp3) is 0.800. The Hall–Kier alpha value is -1.10. The molecule has 0 fully saturated rings. The van der Waals surface area contributed by atoms with E-state index in [9.17, 15) is 9.59 Å². The number of rotatable bonds is 5. The highest BCUT2D eigenvalue weighted by Crippen LogP contribution is 1.92. The highest BCUT2D eigenvalue weighted by atomic mass is 16.3. The number of aliphatic hydroxyl groups is 1. The summed E-state index contributed by atoms with van der Waals surface area (Å²) in [6, 6.07) is -0.00529. The topological polar surface area (TPSA) is 69.6 Å². The van der Waals surface area contributed by atoms with Crippen LogP contribution in [0.1, 0.15) is 27.2 Å². The maximum absolute atomic E-state index is 11.5. The summed E-state index contributed by atoms with van der Waals surface area (Å²) in [6.07, 6.45) is 0.783. The summed E-state index contributed by atoms with van der Waals surface area (Å²) in [6.45, 7) is 6.03. The zero-order chi connectivity index (χ0) is 11.8. The molecule has 0 aromatic rings. The van der Waals surface area contributed by atoms with Gasteiger partial charge < -0.3 is 15.3 Å². The van der Waals surface area contributed by atoms with Crippen LogP contribution in [0.3, 0.4) is 0 Å². The van der Waals surface area contributed by atoms with Crippen LogP contribution in [0, 0.1) is 0 Å². The van der Waals surface area contributed by atoms with Crippen LogP contribution in [0.25, 0.3) is 0 Å². The number of nitrogens with one attached hydrogen (secondary N) is 1. The minimum atomic E-state index is -0.598. The molecule has 1 atom stereocenters. The van der Waals surface area contributed by atoms with Crippen LogP contribution in [0.4, 0.5) is 0 Å². The molecule has 1 unspecified atom stereocenters. The minimum absolute atomic E-state index is 0.00529. The van der Waals surface area contributed by atoms with Crippen molar-refractivity contribution in [2.45, 2.75) is 33.2 Å². The van der Waals surface area contributed by atoms with Crippen LogP contribution >= 0.6 is 0 Å². The van der Waals surface area contributed by atoms with Gasteiger partial charge in [0.25, 0.3) is 0 Å². The van der Waals surface area contributed by atoms with Crippen LogP contribution in [0.15, 0.2) is 0 Å². The first-order chi connectivity index (χ1) is 7.06. The zero-order valence-corrected chi connectivity index (χ0v) is 9.62. The van der Waals surface area contributed by atoms with E-state index in [1.165, 1.54) is 4.90 Å². The molecule has 0 bridgehead atoms. The first-order valence-corrected chi connectivity index (χ1v) is 5.27. The molecule has 0 saturated heterocycles. The molecule has 0 aliphatic rings. The van der Waals surface area contributed by atoms with E-state index >= 15 is 0 Å². The third-order valence-electron chi connectivity index (χ3n) is 2.22. The number of hydrogen-bond acceptors (Lipinski definition) is 3. The summed E-state index contributed by atoms with van der Waals surface area (Å²) in [7, 11) is 0. The van der Waals surface area contributed by atoms with Crippen molar-refractivity contribution in [2.75, 3.05) is 19.7 Å². The molecule has 2 amide bonds. The molecule has 2 N–H and O–H groups in total. The Bertz CT molecular complexity index is 219. The van der Waals surface area contributed by atoms with E-state index in [1.54, 1.807) is 6.92 Å². The van der Waals surface area contributed by atoms with Gasteiger partial charge in [0.15, 0.2) is 0 Å². The van der Waals surface area contributed by atoms with Gasteiger partial charge in [-0.3, -0.25) is 9.59 Å². The molecule has 15 heavy (non-hydrogen) atoms. The summed E-state index contributed by atoms with van der Waals surface area (Å²) in [5.74, 6) is -1.17. The van der Waals surface area contributed by atoms with E-state index in [0.29, 0.717) is 6.54 Å². The summed E-state index contributed by atoms with van der Waals surface area (Å²) in [5, 5.41) is 11.3. The second kappa shape index (κ2) is 7.23. The van der Waals surface area contributed by atoms with Gasteiger partial charge in [-0.1, -0.05) is 6.92 Å². The average molecular weight is 216 g/mol. The fourth-order valence-corrected chi connectivity index (χ4v) is 1.06. The Morgan fingerprint density at radius 2 is 2.00 bits per heavy atom. The van der Waals surface area contributed by atoms with Crippen molar-refractivity contribution in [1.82, 2.24) is 10.2 Å². The molecule has 0 aliphatic heterocycles. The number of aliphatic hydroxyl groups excluding tert-OH is 1. The monoisotopic (exact) mass is 216 g/mol. The molecule has 0 rings (SSSR count). The Labute approximate surface area is 90.5 Å². The van der Waals surface area contributed by atoms with Crippen LogP contribution in [0.5, 0.6) is 0 Å². The predicted molar refractivity (Wildman–Crippen MR) is 57.2 cm³/mol. The number of amides is 2. The van der Waals surface area contributed by atoms with Crippen molar-refractivity contribution in [2.24, 2.45) is 0 Å². The van der Waals surface area contributed by atoms with Crippen molar-refractivity contribution in [3.63, 3.8) is 0 Å². The summed E-state index contributed by atoms with van der Waals surface area (Å²) < 4.78 is 0. The van der Waals surface area contributed by atoms with Gasteiger partial charge in [0, 0.05) is 19.1 Å². The minimum Gasteiger partial charge on any atom is -0.395 e. The lowest BCUT2D eigenvalue weighted by atomic mass is 10.2. The Morgan fingerprint density at radius 3 is 2.40 bits per heavy atom. The van der Waals surface area contributed by atoms with E-state index in [4.69, 9.17) is 5.11 Å². The Kier molecular flexibility index (Phi) is 6.70. The fourth-order valence-electron chi connectivity index (χ4n) is 1.06. The molecule has 88 valence electrons. The molecular formula is C10H20N2O3. The molecule has 0 radical (unpaired) electrons. The number of nitrogens with zero attached hydrogens (tertiary/aromatic N) is 1. The van der Waals surface area contributed by atoms with Crippen molar-refractivity contribution in [1.29, 1.82) is 0 Å². The number of carbonyl (C=O) groups excluding carboxylic acids is 2. The van der Waals surface area contributed by atoms with Gasteiger partial charge in [-0.25, -0.2) is 0 Å². The predicted octanol–water partition coefficient (Wildman–Crippen LogP) is -0.258. The molecule has 0 aliphatic carbocycles.